The zero-order chi connectivity index (χ0) is 39.2. The molecule has 9 aromatic carbocycles. The number of ether oxygens (including phenoxy) is 1. The summed E-state index contributed by atoms with van der Waals surface area (Å²) in [4.78, 5) is 2.36. The van der Waals surface area contributed by atoms with E-state index in [1.807, 2.05) is 0 Å². The molecule has 0 radical (unpaired) electrons. The summed E-state index contributed by atoms with van der Waals surface area (Å²) in [6.07, 6.45) is -0.116. The maximum absolute atomic E-state index is 6.96. The third-order valence-corrected chi connectivity index (χ3v) is 12.4. The Labute approximate surface area is 346 Å². The molecule has 2 unspecified atom stereocenters. The van der Waals surface area contributed by atoms with Gasteiger partial charge in [0.2, 0.25) is 0 Å². The zero-order valence-corrected chi connectivity index (χ0v) is 32.5. The van der Waals surface area contributed by atoms with Crippen molar-refractivity contribution in [2.75, 3.05) is 4.90 Å². The van der Waals surface area contributed by atoms with Gasteiger partial charge in [0.15, 0.2) is 0 Å². The fraction of sp³-hybridized carbons (Fsp3) is 0.0526. The predicted molar refractivity (Wildman–Crippen MR) is 243 cm³/mol. The fourth-order valence-corrected chi connectivity index (χ4v) is 9.88. The summed E-state index contributed by atoms with van der Waals surface area (Å²) in [6, 6.07) is 85.8. The highest BCUT2D eigenvalue weighted by Gasteiger charge is 2.60. The van der Waals surface area contributed by atoms with Crippen LogP contribution in [0.15, 0.2) is 237 Å². The second kappa shape index (κ2) is 14.5. The van der Waals surface area contributed by atoms with E-state index in [1.165, 1.54) is 61.2 Å². The maximum atomic E-state index is 6.96. The quantitative estimate of drug-likeness (QED) is 0.153. The molecule has 0 amide bonds. The number of hydrogen-bond donors (Lipinski definition) is 0. The van der Waals surface area contributed by atoms with Crippen molar-refractivity contribution >= 4 is 17.1 Å². The van der Waals surface area contributed by atoms with E-state index in [9.17, 15) is 0 Å². The number of anilines is 3. The summed E-state index contributed by atoms with van der Waals surface area (Å²) in [5.41, 5.74) is 16.4. The Bertz CT molecular complexity index is 2750. The van der Waals surface area contributed by atoms with Gasteiger partial charge in [-0.1, -0.05) is 194 Å². The lowest BCUT2D eigenvalue weighted by Gasteiger charge is -2.38. The van der Waals surface area contributed by atoms with Crippen molar-refractivity contribution in [3.63, 3.8) is 0 Å². The molecule has 0 N–H and O–H groups in total. The molecule has 0 spiro atoms. The molecule has 0 fully saturated rings. The number of hydrogen-bond acceptors (Lipinski definition) is 2. The topological polar surface area (TPSA) is 12.5 Å². The molecule has 0 bridgehead atoms. The third-order valence-electron chi connectivity index (χ3n) is 12.4. The molecule has 0 saturated heterocycles. The molecule has 1 aliphatic heterocycles. The highest BCUT2D eigenvalue weighted by atomic mass is 16.5. The van der Waals surface area contributed by atoms with Crippen LogP contribution in [-0.4, -0.2) is 0 Å². The van der Waals surface area contributed by atoms with E-state index in [4.69, 9.17) is 4.74 Å². The van der Waals surface area contributed by atoms with Gasteiger partial charge >= 0.3 is 0 Å². The van der Waals surface area contributed by atoms with E-state index in [-0.39, 0.29) is 12.0 Å². The summed E-state index contributed by atoms with van der Waals surface area (Å²) in [7, 11) is 0. The Balaban J connectivity index is 1.05. The summed E-state index contributed by atoms with van der Waals surface area (Å²) in [6.45, 7) is 0. The van der Waals surface area contributed by atoms with Crippen molar-refractivity contribution in [1.82, 2.24) is 0 Å². The van der Waals surface area contributed by atoms with Gasteiger partial charge < -0.3 is 9.64 Å². The molecule has 2 nitrogen and oxygen atoms in total. The first-order valence-corrected chi connectivity index (χ1v) is 20.5. The maximum Gasteiger partial charge on any atom is 0.133 e. The summed E-state index contributed by atoms with van der Waals surface area (Å²) in [5.74, 6) is 1.04. The van der Waals surface area contributed by atoms with Gasteiger partial charge in [0.05, 0.1) is 5.41 Å². The molecule has 1 aliphatic carbocycles. The van der Waals surface area contributed by atoms with Crippen LogP contribution in [0.2, 0.25) is 0 Å². The van der Waals surface area contributed by atoms with Crippen LogP contribution in [0.1, 0.15) is 39.8 Å². The Morgan fingerprint density at radius 2 is 0.746 bits per heavy atom. The van der Waals surface area contributed by atoms with Crippen LogP contribution >= 0.6 is 0 Å². The number of para-hydroxylation sites is 1. The SMILES string of the molecule is c1ccc(-c2ccc(N(c3ccc(-c4ccccc4)cc3)c3ccc(-c4cccc5c4C(c4ccccc4)(c4ccccc4)C4c6ccccc6OC54)cc3)cc2)cc1. The van der Waals surface area contributed by atoms with E-state index in [0.717, 1.165) is 22.8 Å². The zero-order valence-electron chi connectivity index (χ0n) is 32.5. The second-order valence-corrected chi connectivity index (χ2v) is 15.6. The monoisotopic (exact) mass is 755 g/mol. The molecule has 0 saturated carbocycles. The average Bonchev–Trinajstić information content (AvgIpc) is 3.85. The minimum absolute atomic E-state index is 0.0622. The van der Waals surface area contributed by atoms with E-state index in [1.54, 1.807) is 0 Å². The first-order valence-electron chi connectivity index (χ1n) is 20.5. The Morgan fingerprint density at radius 1 is 0.339 bits per heavy atom. The molecular formula is C57H41NO. The molecule has 0 aromatic heterocycles. The Morgan fingerprint density at radius 3 is 1.25 bits per heavy atom. The van der Waals surface area contributed by atoms with Gasteiger partial charge in [0.1, 0.15) is 11.9 Å². The largest absolute Gasteiger partial charge is 0.485 e. The molecule has 59 heavy (non-hydrogen) atoms. The Kier molecular flexibility index (Phi) is 8.56. The minimum atomic E-state index is -0.489. The lowest BCUT2D eigenvalue weighted by atomic mass is 9.62. The molecular weight excluding hydrogens is 715 g/mol. The van der Waals surface area contributed by atoms with Crippen LogP contribution in [0.4, 0.5) is 17.1 Å². The van der Waals surface area contributed by atoms with Gasteiger partial charge in [-0.2, -0.15) is 0 Å². The number of benzene rings is 9. The summed E-state index contributed by atoms with van der Waals surface area (Å²) < 4.78 is 6.96. The molecule has 2 aliphatic rings. The fourth-order valence-electron chi connectivity index (χ4n) is 9.88. The van der Waals surface area contributed by atoms with Crippen molar-refractivity contribution in [3.05, 3.63) is 264 Å². The highest BCUT2D eigenvalue weighted by molar-refractivity contribution is 5.83. The second-order valence-electron chi connectivity index (χ2n) is 15.6. The molecule has 1 heterocycles. The van der Waals surface area contributed by atoms with Gasteiger partial charge in [-0.3, -0.25) is 0 Å². The van der Waals surface area contributed by atoms with Gasteiger partial charge in [0.25, 0.3) is 0 Å². The van der Waals surface area contributed by atoms with Crippen molar-refractivity contribution in [1.29, 1.82) is 0 Å². The van der Waals surface area contributed by atoms with Gasteiger partial charge in [-0.25, -0.2) is 0 Å². The summed E-state index contributed by atoms with van der Waals surface area (Å²) in [5, 5.41) is 0. The molecule has 2 heteroatoms. The normalized spacial score (nSPS) is 15.7. The van der Waals surface area contributed by atoms with Gasteiger partial charge in [-0.05, 0) is 98.1 Å². The van der Waals surface area contributed by atoms with Crippen LogP contribution < -0.4 is 9.64 Å². The van der Waals surface area contributed by atoms with E-state index in [0.29, 0.717) is 0 Å². The Hall–Kier alpha value is -7.42. The van der Waals surface area contributed by atoms with Crippen LogP contribution in [0.25, 0.3) is 33.4 Å². The number of nitrogens with zero attached hydrogens (tertiary/aromatic N) is 1. The standard InChI is InChI=1S/C57H41NO/c1-5-16-40(17-6-1)42-28-34-47(35-29-42)58(48-36-30-43(31-37-48)41-18-7-2-8-19-41)49-38-32-44(33-39-49)50-25-15-26-52-54(50)57(45-20-9-3-10-21-45,46-22-11-4-12-23-46)55-51-24-13-14-27-53(51)59-56(52)55/h1-39,55-56H. The summed E-state index contributed by atoms with van der Waals surface area (Å²) >= 11 is 0. The first kappa shape index (κ1) is 34.8. The average molecular weight is 756 g/mol. The van der Waals surface area contributed by atoms with Crippen molar-refractivity contribution < 1.29 is 4.74 Å². The molecule has 280 valence electrons. The van der Waals surface area contributed by atoms with Crippen molar-refractivity contribution in [2.45, 2.75) is 17.4 Å². The smallest absolute Gasteiger partial charge is 0.133 e. The van der Waals surface area contributed by atoms with Gasteiger partial charge in [-0.15, -0.1) is 0 Å². The molecule has 2 atom stereocenters. The predicted octanol–water partition coefficient (Wildman–Crippen LogP) is 14.7. The molecule has 9 aromatic rings. The van der Waals surface area contributed by atoms with E-state index >= 15 is 0 Å². The highest BCUT2D eigenvalue weighted by Crippen LogP contribution is 2.67. The lowest BCUT2D eigenvalue weighted by Crippen LogP contribution is -2.33. The number of fused-ring (bicyclic) bond motifs is 5. The van der Waals surface area contributed by atoms with Crippen LogP contribution in [-0.2, 0) is 5.41 Å². The minimum Gasteiger partial charge on any atom is -0.485 e. The van der Waals surface area contributed by atoms with Crippen LogP contribution in [0.5, 0.6) is 5.75 Å². The molecule has 11 rings (SSSR count). The van der Waals surface area contributed by atoms with E-state index < -0.39 is 5.41 Å². The van der Waals surface area contributed by atoms with Gasteiger partial charge in [0, 0.05) is 28.5 Å². The van der Waals surface area contributed by atoms with Crippen molar-refractivity contribution in [2.24, 2.45) is 0 Å². The number of rotatable bonds is 8. The van der Waals surface area contributed by atoms with E-state index in [2.05, 4.69) is 241 Å². The third kappa shape index (κ3) is 5.79. The first-order chi connectivity index (χ1) is 29.3. The van der Waals surface area contributed by atoms with Crippen molar-refractivity contribution in [3.8, 4) is 39.1 Å². The lowest BCUT2D eigenvalue weighted by molar-refractivity contribution is 0.207. The van der Waals surface area contributed by atoms with Crippen LogP contribution in [0, 0.1) is 0 Å². The van der Waals surface area contributed by atoms with Crippen LogP contribution in [0.3, 0.4) is 0 Å².